The maximum Gasteiger partial charge on any atom is 0.243 e. The molecule has 8 nitrogen and oxygen atoms in total. The van der Waals surface area contributed by atoms with Crippen LogP contribution in [0, 0.1) is 0 Å². The molecule has 1 fully saturated rings. The molecule has 9 heteroatoms. The zero-order valence-electron chi connectivity index (χ0n) is 13.5. The van der Waals surface area contributed by atoms with Gasteiger partial charge in [0.05, 0.1) is 29.0 Å². The van der Waals surface area contributed by atoms with Crippen LogP contribution in [-0.2, 0) is 10.0 Å². The fourth-order valence-electron chi connectivity index (χ4n) is 3.07. The van der Waals surface area contributed by atoms with Crippen LogP contribution in [0.25, 0.3) is 5.69 Å². The lowest BCUT2D eigenvalue weighted by Crippen LogP contribution is -2.39. The predicted octanol–water partition coefficient (Wildman–Crippen LogP) is 1.49. The van der Waals surface area contributed by atoms with Crippen LogP contribution < -0.4 is 0 Å². The lowest BCUT2D eigenvalue weighted by molar-refractivity contribution is 0.245. The number of sulfonamides is 1. The Morgan fingerprint density at radius 2 is 1.60 bits per heavy atom. The lowest BCUT2D eigenvalue weighted by atomic mass is 10.1. The van der Waals surface area contributed by atoms with Crippen LogP contribution in [0.1, 0.15) is 18.9 Å². The predicted molar refractivity (Wildman–Crippen MR) is 90.6 cm³/mol. The Kier molecular flexibility index (Phi) is 4.10. The number of aromatic nitrogens is 5. The van der Waals surface area contributed by atoms with Crippen LogP contribution >= 0.6 is 0 Å². The second kappa shape index (κ2) is 6.41. The van der Waals surface area contributed by atoms with Gasteiger partial charge in [0.2, 0.25) is 10.0 Å². The van der Waals surface area contributed by atoms with Gasteiger partial charge >= 0.3 is 0 Å². The summed E-state index contributed by atoms with van der Waals surface area (Å²) in [6.45, 7) is 0.935. The number of nitrogens with zero attached hydrogens (tertiary/aromatic N) is 6. The first kappa shape index (κ1) is 16.0. The van der Waals surface area contributed by atoms with Crippen LogP contribution in [0.3, 0.4) is 0 Å². The first-order valence-electron chi connectivity index (χ1n) is 8.10. The van der Waals surface area contributed by atoms with E-state index in [-0.39, 0.29) is 6.04 Å². The van der Waals surface area contributed by atoms with Gasteiger partial charge in [-0.2, -0.15) is 24.4 Å². The Balaban J connectivity index is 1.48. The molecule has 1 aromatic carbocycles. The van der Waals surface area contributed by atoms with E-state index in [9.17, 15) is 8.42 Å². The van der Waals surface area contributed by atoms with Crippen molar-refractivity contribution in [1.29, 1.82) is 0 Å². The summed E-state index contributed by atoms with van der Waals surface area (Å²) < 4.78 is 28.9. The average Bonchev–Trinajstić information content (AvgIpc) is 3.36. The standard InChI is InChI=1S/C16H18N6O2S/c23-25(24,16-4-2-14(3-5-16)21-11-1-8-17-21)20-12-6-15(7-13-20)22-18-9-10-19-22/h1-5,8-11,15H,6-7,12-13H2. The van der Waals surface area contributed by atoms with Gasteiger partial charge < -0.3 is 0 Å². The van der Waals surface area contributed by atoms with E-state index in [1.54, 1.807) is 52.3 Å². The fraction of sp³-hybridized carbons (Fsp3) is 0.312. The Morgan fingerprint density at radius 3 is 2.20 bits per heavy atom. The summed E-state index contributed by atoms with van der Waals surface area (Å²) in [7, 11) is -3.49. The molecule has 4 rings (SSSR count). The highest BCUT2D eigenvalue weighted by Crippen LogP contribution is 2.26. The Bertz CT molecular complexity index is 912. The highest BCUT2D eigenvalue weighted by Gasteiger charge is 2.30. The smallest absolute Gasteiger partial charge is 0.241 e. The third-order valence-corrected chi connectivity index (χ3v) is 6.34. The molecule has 130 valence electrons. The van der Waals surface area contributed by atoms with Crippen molar-refractivity contribution in [2.24, 2.45) is 0 Å². The van der Waals surface area contributed by atoms with Gasteiger partial charge in [-0.3, -0.25) is 0 Å². The Labute approximate surface area is 145 Å². The molecule has 1 aliphatic rings. The van der Waals surface area contributed by atoms with Crippen molar-refractivity contribution in [1.82, 2.24) is 29.1 Å². The molecule has 0 N–H and O–H groups in total. The lowest BCUT2D eigenvalue weighted by Gasteiger charge is -2.30. The molecule has 0 atom stereocenters. The van der Waals surface area contributed by atoms with Crippen molar-refractivity contribution in [2.75, 3.05) is 13.1 Å². The van der Waals surface area contributed by atoms with E-state index in [4.69, 9.17) is 0 Å². The monoisotopic (exact) mass is 358 g/mol. The van der Waals surface area contributed by atoms with E-state index in [1.165, 1.54) is 4.31 Å². The highest BCUT2D eigenvalue weighted by atomic mass is 32.2. The van der Waals surface area contributed by atoms with Gasteiger partial charge in [0.15, 0.2) is 0 Å². The molecular formula is C16H18N6O2S. The SMILES string of the molecule is O=S(=O)(c1ccc(-n2cccn2)cc1)N1CCC(n2nccn2)CC1. The van der Waals surface area contributed by atoms with E-state index in [1.807, 2.05) is 12.3 Å². The van der Waals surface area contributed by atoms with Crippen molar-refractivity contribution < 1.29 is 8.42 Å². The Hall–Kier alpha value is -2.52. The summed E-state index contributed by atoms with van der Waals surface area (Å²) in [6, 6.07) is 8.77. The van der Waals surface area contributed by atoms with Gasteiger partial charge in [-0.25, -0.2) is 13.1 Å². The first-order chi connectivity index (χ1) is 12.1. The minimum absolute atomic E-state index is 0.156. The fourth-order valence-corrected chi connectivity index (χ4v) is 4.54. The number of rotatable bonds is 4. The third kappa shape index (κ3) is 3.08. The highest BCUT2D eigenvalue weighted by molar-refractivity contribution is 7.89. The summed E-state index contributed by atoms with van der Waals surface area (Å²) in [4.78, 5) is 1.97. The molecule has 3 aromatic rings. The molecule has 0 saturated carbocycles. The second-order valence-electron chi connectivity index (χ2n) is 5.93. The van der Waals surface area contributed by atoms with Crippen LogP contribution in [0.5, 0.6) is 0 Å². The molecule has 3 heterocycles. The largest absolute Gasteiger partial charge is 0.243 e. The summed E-state index contributed by atoms with van der Waals surface area (Å²) in [5, 5.41) is 12.4. The van der Waals surface area contributed by atoms with Crippen LogP contribution in [0.15, 0.2) is 60.0 Å². The molecule has 0 bridgehead atoms. The van der Waals surface area contributed by atoms with E-state index in [2.05, 4.69) is 15.3 Å². The molecule has 0 unspecified atom stereocenters. The molecule has 0 amide bonds. The zero-order chi connectivity index (χ0) is 17.3. The van der Waals surface area contributed by atoms with E-state index in [0.717, 1.165) is 5.69 Å². The van der Waals surface area contributed by atoms with E-state index < -0.39 is 10.0 Å². The third-order valence-electron chi connectivity index (χ3n) is 4.43. The van der Waals surface area contributed by atoms with Gasteiger partial charge in [-0.05, 0) is 43.2 Å². The molecule has 0 spiro atoms. The zero-order valence-corrected chi connectivity index (χ0v) is 14.3. The molecule has 0 aliphatic carbocycles. The van der Waals surface area contributed by atoms with Gasteiger partial charge in [0.1, 0.15) is 0 Å². The number of hydrogen-bond donors (Lipinski definition) is 0. The maximum atomic E-state index is 12.8. The maximum absolute atomic E-state index is 12.8. The molecular weight excluding hydrogens is 340 g/mol. The molecule has 25 heavy (non-hydrogen) atoms. The topological polar surface area (TPSA) is 85.9 Å². The van der Waals surface area contributed by atoms with Crippen LogP contribution in [0.4, 0.5) is 0 Å². The van der Waals surface area contributed by atoms with Gasteiger partial charge in [0, 0.05) is 25.5 Å². The van der Waals surface area contributed by atoms with Crippen molar-refractivity contribution in [3.8, 4) is 5.69 Å². The summed E-state index contributed by atoms with van der Waals surface area (Å²) in [6.07, 6.45) is 8.20. The van der Waals surface area contributed by atoms with Crippen LogP contribution in [0.2, 0.25) is 0 Å². The minimum Gasteiger partial charge on any atom is -0.241 e. The van der Waals surface area contributed by atoms with Crippen molar-refractivity contribution in [2.45, 2.75) is 23.8 Å². The van der Waals surface area contributed by atoms with Crippen molar-refractivity contribution in [3.63, 3.8) is 0 Å². The quantitative estimate of drug-likeness (QED) is 0.705. The average molecular weight is 358 g/mol. The number of hydrogen-bond acceptors (Lipinski definition) is 5. The van der Waals surface area contributed by atoms with Gasteiger partial charge in [-0.15, -0.1) is 0 Å². The van der Waals surface area contributed by atoms with E-state index in [0.29, 0.717) is 30.8 Å². The van der Waals surface area contributed by atoms with E-state index >= 15 is 0 Å². The molecule has 2 aromatic heterocycles. The minimum atomic E-state index is -3.49. The summed E-state index contributed by atoms with van der Waals surface area (Å²) in [5.41, 5.74) is 0.826. The van der Waals surface area contributed by atoms with Crippen molar-refractivity contribution >= 4 is 10.0 Å². The second-order valence-corrected chi connectivity index (χ2v) is 7.87. The molecule has 1 saturated heterocycles. The number of piperidine rings is 1. The van der Waals surface area contributed by atoms with Crippen molar-refractivity contribution in [3.05, 3.63) is 55.1 Å². The normalized spacial score (nSPS) is 17.0. The van der Waals surface area contributed by atoms with Gasteiger partial charge in [-0.1, -0.05) is 0 Å². The number of benzene rings is 1. The van der Waals surface area contributed by atoms with Gasteiger partial charge in [0.25, 0.3) is 0 Å². The van der Waals surface area contributed by atoms with Crippen LogP contribution in [-0.4, -0.2) is 50.6 Å². The molecule has 0 radical (unpaired) electrons. The Morgan fingerprint density at radius 1 is 0.920 bits per heavy atom. The summed E-state index contributed by atoms with van der Waals surface area (Å²) >= 11 is 0. The molecule has 1 aliphatic heterocycles. The summed E-state index contributed by atoms with van der Waals surface area (Å²) in [5.74, 6) is 0. The first-order valence-corrected chi connectivity index (χ1v) is 9.55.